The summed E-state index contributed by atoms with van der Waals surface area (Å²) in [5.41, 5.74) is 0. The number of hydrogen-bond acceptors (Lipinski definition) is 7. The molecule has 240 valence electrons. The highest BCUT2D eigenvalue weighted by Gasteiger charge is 2.23. The van der Waals surface area contributed by atoms with Gasteiger partial charge in [0.1, 0.15) is 12.7 Å². The van der Waals surface area contributed by atoms with Gasteiger partial charge in [-0.15, -0.1) is 0 Å². The number of allylic oxidation sites excluding steroid dienone is 10. The van der Waals surface area contributed by atoms with Gasteiger partial charge in [0.05, 0.1) is 13.2 Å². The van der Waals surface area contributed by atoms with Crippen LogP contribution in [0, 0.1) is 0 Å². The maximum atomic E-state index is 11.9. The van der Waals surface area contributed by atoms with Crippen LogP contribution in [0.15, 0.2) is 60.8 Å². The number of phosphoric acid groups is 1. The first-order valence-electron chi connectivity index (χ1n) is 15.3. The Bertz CT molecular complexity index is 882. The summed E-state index contributed by atoms with van der Waals surface area (Å²) in [5.74, 6) is -0.595. The first-order valence-corrected chi connectivity index (χ1v) is 16.8. The predicted octanol–water partition coefficient (Wildman–Crippen LogP) is 7.03. The van der Waals surface area contributed by atoms with Gasteiger partial charge in [0, 0.05) is 19.4 Å². The number of aliphatic hydroxyl groups excluding tert-OH is 1. The Morgan fingerprint density at radius 1 is 0.762 bits per heavy atom. The summed E-state index contributed by atoms with van der Waals surface area (Å²) in [6.07, 6.45) is 31.2. The summed E-state index contributed by atoms with van der Waals surface area (Å²) < 4.78 is 26.3. The number of rotatable bonds is 27. The van der Waals surface area contributed by atoms with Crippen LogP contribution in [-0.4, -0.2) is 54.3 Å². The number of carbonyl (C=O) groups is 2. The summed E-state index contributed by atoms with van der Waals surface area (Å²) in [7, 11) is -4.39. The molecule has 0 saturated carbocycles. The first kappa shape index (κ1) is 39.7. The third kappa shape index (κ3) is 29.2. The predicted molar refractivity (Wildman–Crippen MR) is 169 cm³/mol. The molecule has 3 N–H and O–H groups in total. The molecule has 0 aromatic carbocycles. The van der Waals surface area contributed by atoms with E-state index in [-0.39, 0.29) is 32.1 Å². The van der Waals surface area contributed by atoms with Gasteiger partial charge in [0.15, 0.2) is 0 Å². The zero-order valence-corrected chi connectivity index (χ0v) is 26.6. The number of amides is 1. The molecule has 0 aliphatic carbocycles. The number of esters is 1. The summed E-state index contributed by atoms with van der Waals surface area (Å²) in [6, 6.07) is 0. The average molecular weight is 612 g/mol. The first-order chi connectivity index (χ1) is 20.3. The molecule has 42 heavy (non-hydrogen) atoms. The van der Waals surface area contributed by atoms with E-state index in [1.807, 2.05) is 6.92 Å². The summed E-state index contributed by atoms with van der Waals surface area (Å²) >= 11 is 0. The molecule has 0 aliphatic rings. The van der Waals surface area contributed by atoms with Gasteiger partial charge in [0.2, 0.25) is 5.91 Å². The molecule has 0 radical (unpaired) electrons. The monoisotopic (exact) mass is 611 g/mol. The second-order valence-corrected chi connectivity index (χ2v) is 11.1. The van der Waals surface area contributed by atoms with Crippen molar-refractivity contribution in [1.82, 2.24) is 5.32 Å². The van der Waals surface area contributed by atoms with E-state index in [1.165, 1.54) is 0 Å². The molecule has 2 atom stereocenters. The van der Waals surface area contributed by atoms with E-state index in [0.717, 1.165) is 64.2 Å². The molecule has 2 unspecified atom stereocenters. The topological polar surface area (TPSA) is 131 Å². The lowest BCUT2D eigenvalue weighted by Crippen LogP contribution is -2.27. The number of hydrogen-bond donors (Lipinski definition) is 3. The normalized spacial score (nSPS) is 14.5. The Hall–Kier alpha value is -2.29. The Morgan fingerprint density at radius 3 is 1.95 bits per heavy atom. The molecule has 0 heterocycles. The molecular weight excluding hydrogens is 557 g/mol. The Morgan fingerprint density at radius 2 is 1.36 bits per heavy atom. The van der Waals surface area contributed by atoms with Crippen molar-refractivity contribution in [2.45, 2.75) is 103 Å². The van der Waals surface area contributed by atoms with Gasteiger partial charge in [-0.25, -0.2) is 4.57 Å². The largest absolute Gasteiger partial charge is 0.472 e. The van der Waals surface area contributed by atoms with Gasteiger partial charge in [-0.1, -0.05) is 87.4 Å². The Balaban J connectivity index is 3.72. The van der Waals surface area contributed by atoms with Crippen molar-refractivity contribution in [2.75, 3.05) is 26.4 Å². The Labute approximate surface area is 253 Å². The number of nitrogens with one attached hydrogen (secondary N) is 1. The van der Waals surface area contributed by atoms with Crippen LogP contribution in [0.5, 0.6) is 0 Å². The SMILES string of the molecule is CC/C=C\C/C=C\C/C=C\C/C=C\C/C=C\CCCCCC(=O)OCC(O)COP(=O)(O)OCCNC(=O)CCCC. The minimum atomic E-state index is -4.39. The van der Waals surface area contributed by atoms with E-state index in [2.05, 4.69) is 73.0 Å². The minimum absolute atomic E-state index is 0.0684. The molecule has 0 aromatic rings. The third-order valence-electron chi connectivity index (χ3n) is 5.71. The van der Waals surface area contributed by atoms with Gasteiger partial charge in [-0.2, -0.15) is 0 Å². The second-order valence-electron chi connectivity index (χ2n) is 9.70. The standard InChI is InChI=1S/C32H54NO8P/c1-3-5-7-8-9-10-11-12-13-14-15-16-17-18-19-20-21-22-23-25-32(36)39-28-30(34)29-41-42(37,38)40-27-26-33-31(35)24-6-4-2/h5,7,9-10,12-13,15-16,18-19,30,34H,3-4,6,8,11,14,17,20-29H2,1-2H3,(H,33,35)(H,37,38)/b7-5-,10-9-,13-12-,16-15-,19-18-. The molecule has 0 aliphatic heterocycles. The zero-order chi connectivity index (χ0) is 31.2. The fourth-order valence-electron chi connectivity index (χ4n) is 3.38. The van der Waals surface area contributed by atoms with Crippen molar-refractivity contribution in [1.29, 1.82) is 0 Å². The summed E-state index contributed by atoms with van der Waals surface area (Å²) in [5, 5.41) is 12.4. The van der Waals surface area contributed by atoms with E-state index in [0.29, 0.717) is 12.8 Å². The van der Waals surface area contributed by atoms with Gasteiger partial charge < -0.3 is 20.1 Å². The molecule has 0 fully saturated rings. The number of phosphoric ester groups is 1. The minimum Gasteiger partial charge on any atom is -0.463 e. The van der Waals surface area contributed by atoms with Crippen molar-refractivity contribution in [3.8, 4) is 0 Å². The van der Waals surface area contributed by atoms with Crippen molar-refractivity contribution in [3.63, 3.8) is 0 Å². The maximum absolute atomic E-state index is 11.9. The highest BCUT2D eigenvalue weighted by Crippen LogP contribution is 2.42. The van der Waals surface area contributed by atoms with Gasteiger partial charge in [0.25, 0.3) is 0 Å². The van der Waals surface area contributed by atoms with Crippen LogP contribution in [0.2, 0.25) is 0 Å². The van der Waals surface area contributed by atoms with Crippen LogP contribution in [0.25, 0.3) is 0 Å². The van der Waals surface area contributed by atoms with Crippen LogP contribution in [0.1, 0.15) is 97.3 Å². The molecule has 0 bridgehead atoms. The molecule has 0 saturated heterocycles. The third-order valence-corrected chi connectivity index (χ3v) is 6.70. The van der Waals surface area contributed by atoms with Crippen LogP contribution >= 0.6 is 7.82 Å². The molecule has 1 amide bonds. The smallest absolute Gasteiger partial charge is 0.463 e. The van der Waals surface area contributed by atoms with E-state index >= 15 is 0 Å². The summed E-state index contributed by atoms with van der Waals surface area (Å²) in [4.78, 5) is 33.0. The second kappa shape index (κ2) is 28.8. The number of carbonyl (C=O) groups excluding carboxylic acids is 2. The quantitative estimate of drug-likeness (QED) is 0.0390. The van der Waals surface area contributed by atoms with Gasteiger partial charge in [-0.3, -0.25) is 18.6 Å². The van der Waals surface area contributed by atoms with Crippen molar-refractivity contribution in [2.24, 2.45) is 0 Å². The zero-order valence-electron chi connectivity index (χ0n) is 25.7. The number of aliphatic hydroxyl groups is 1. The van der Waals surface area contributed by atoms with E-state index in [4.69, 9.17) is 13.8 Å². The lowest BCUT2D eigenvalue weighted by molar-refractivity contribution is -0.147. The molecule has 0 spiro atoms. The van der Waals surface area contributed by atoms with Crippen LogP contribution in [-0.2, 0) is 27.9 Å². The fraction of sp³-hybridized carbons (Fsp3) is 0.625. The van der Waals surface area contributed by atoms with E-state index in [1.54, 1.807) is 0 Å². The van der Waals surface area contributed by atoms with E-state index in [9.17, 15) is 24.2 Å². The lowest BCUT2D eigenvalue weighted by Gasteiger charge is -2.15. The lowest BCUT2D eigenvalue weighted by atomic mass is 10.1. The maximum Gasteiger partial charge on any atom is 0.472 e. The van der Waals surface area contributed by atoms with Crippen LogP contribution < -0.4 is 5.32 Å². The van der Waals surface area contributed by atoms with Crippen molar-refractivity contribution < 1.29 is 37.9 Å². The highest BCUT2D eigenvalue weighted by atomic mass is 31.2. The van der Waals surface area contributed by atoms with Gasteiger partial charge in [-0.05, 0) is 57.8 Å². The van der Waals surface area contributed by atoms with Crippen LogP contribution in [0.3, 0.4) is 0 Å². The molecule has 10 heteroatoms. The average Bonchev–Trinajstić information content (AvgIpc) is 2.97. The van der Waals surface area contributed by atoms with Gasteiger partial charge >= 0.3 is 13.8 Å². The number of unbranched alkanes of at least 4 members (excludes halogenated alkanes) is 4. The molecule has 0 aromatic heterocycles. The Kier molecular flexibility index (Phi) is 27.2. The molecule has 0 rings (SSSR count). The number of ether oxygens (including phenoxy) is 1. The molecule has 9 nitrogen and oxygen atoms in total. The molecular formula is C32H54NO8P. The fourth-order valence-corrected chi connectivity index (χ4v) is 4.14. The van der Waals surface area contributed by atoms with Crippen molar-refractivity contribution in [3.05, 3.63) is 60.8 Å². The van der Waals surface area contributed by atoms with E-state index < -0.39 is 26.5 Å². The summed E-state index contributed by atoms with van der Waals surface area (Å²) in [6.45, 7) is 3.10. The van der Waals surface area contributed by atoms with Crippen molar-refractivity contribution >= 4 is 19.7 Å². The van der Waals surface area contributed by atoms with Crippen LogP contribution in [0.4, 0.5) is 0 Å². The highest BCUT2D eigenvalue weighted by molar-refractivity contribution is 7.47.